The summed E-state index contributed by atoms with van der Waals surface area (Å²) in [6, 6.07) is 9.48. The van der Waals surface area contributed by atoms with Crippen molar-refractivity contribution in [3.8, 4) is 0 Å². The molecule has 1 fully saturated rings. The Morgan fingerprint density at radius 3 is 2.20 bits per heavy atom. The van der Waals surface area contributed by atoms with Gasteiger partial charge in [0.15, 0.2) is 8.32 Å². The molecule has 1 amide bonds. The van der Waals surface area contributed by atoms with Crippen molar-refractivity contribution in [1.29, 1.82) is 0 Å². The van der Waals surface area contributed by atoms with E-state index in [0.717, 1.165) is 12.0 Å². The summed E-state index contributed by atoms with van der Waals surface area (Å²) < 4.78 is 11.8. The van der Waals surface area contributed by atoms with Crippen LogP contribution in [-0.4, -0.2) is 32.8 Å². The van der Waals surface area contributed by atoms with E-state index in [1.165, 1.54) is 0 Å². The Hall–Kier alpha value is -1.66. The summed E-state index contributed by atoms with van der Waals surface area (Å²) >= 11 is 0. The van der Waals surface area contributed by atoms with Gasteiger partial charge in [-0.1, -0.05) is 71.9 Å². The Morgan fingerprint density at radius 2 is 1.63 bits per heavy atom. The molecular weight excluding hydrogens is 394 g/mol. The standard InChI is InChI=1S/C24H39NO4Si/c1-17(2)30(18(3)4,19(5)6)29-14-10-13-23(26)21-15-22(21)25-24(27)28-16-20-11-8-7-9-12-20/h7-9,11-12,17-19,21-22H,10,13-16H2,1-6H3,(H,25,27)/t21-,22+/m1/s1. The fourth-order valence-electron chi connectivity index (χ4n) is 4.81. The van der Waals surface area contributed by atoms with Gasteiger partial charge in [0.1, 0.15) is 12.4 Å². The number of ketones is 1. The van der Waals surface area contributed by atoms with E-state index in [-0.39, 0.29) is 24.3 Å². The minimum Gasteiger partial charge on any atom is -0.445 e. The summed E-state index contributed by atoms with van der Waals surface area (Å²) in [5.41, 5.74) is 2.59. The summed E-state index contributed by atoms with van der Waals surface area (Å²) in [7, 11) is -1.87. The third-order valence-electron chi connectivity index (χ3n) is 6.35. The zero-order valence-corrected chi connectivity index (χ0v) is 20.4. The van der Waals surface area contributed by atoms with Gasteiger partial charge >= 0.3 is 6.09 Å². The second kappa shape index (κ2) is 11.1. The maximum atomic E-state index is 12.5. The molecule has 0 unspecified atom stereocenters. The zero-order chi connectivity index (χ0) is 22.3. The van der Waals surface area contributed by atoms with Gasteiger partial charge in [-0.2, -0.15) is 0 Å². The van der Waals surface area contributed by atoms with Gasteiger partial charge in [-0.15, -0.1) is 0 Å². The Morgan fingerprint density at radius 1 is 1.03 bits per heavy atom. The van der Waals surface area contributed by atoms with Gasteiger partial charge < -0.3 is 14.5 Å². The van der Waals surface area contributed by atoms with E-state index in [1.54, 1.807) is 0 Å². The highest BCUT2D eigenvalue weighted by molar-refractivity contribution is 6.77. The molecule has 5 nitrogen and oxygen atoms in total. The number of amides is 1. The van der Waals surface area contributed by atoms with Crippen LogP contribution in [0.1, 0.15) is 66.4 Å². The van der Waals surface area contributed by atoms with Crippen molar-refractivity contribution in [3.05, 3.63) is 35.9 Å². The quantitative estimate of drug-likeness (QED) is 0.332. The van der Waals surface area contributed by atoms with E-state index in [0.29, 0.717) is 36.1 Å². The lowest BCUT2D eigenvalue weighted by Crippen LogP contribution is -2.48. The predicted molar refractivity (Wildman–Crippen MR) is 123 cm³/mol. The molecule has 6 heteroatoms. The van der Waals surface area contributed by atoms with Crippen LogP contribution in [-0.2, 0) is 20.6 Å². The number of Topliss-reactive ketones (excluding diaryl/α,β-unsaturated/α-hetero) is 1. The van der Waals surface area contributed by atoms with Crippen LogP contribution in [0.15, 0.2) is 30.3 Å². The first-order valence-electron chi connectivity index (χ1n) is 11.3. The SMILES string of the molecule is CC(C)[Si](OCCCC(=O)[C@@H]1C[C@@H]1NC(=O)OCc1ccccc1)(C(C)C)C(C)C. The lowest BCUT2D eigenvalue weighted by molar-refractivity contribution is -0.120. The third kappa shape index (κ3) is 6.42. The normalized spacial score (nSPS) is 18.7. The van der Waals surface area contributed by atoms with Crippen molar-refractivity contribution < 1.29 is 18.8 Å². The average Bonchev–Trinajstić information content (AvgIpc) is 3.45. The number of rotatable bonds is 12. The second-order valence-electron chi connectivity index (χ2n) is 9.39. The van der Waals surface area contributed by atoms with Gasteiger partial charge in [-0.05, 0) is 35.0 Å². The summed E-state index contributed by atoms with van der Waals surface area (Å²) in [5.74, 6) is 0.148. The Balaban J connectivity index is 1.68. The molecule has 1 aromatic carbocycles. The molecule has 0 bridgehead atoms. The van der Waals surface area contributed by atoms with Crippen molar-refractivity contribution >= 4 is 20.2 Å². The fraction of sp³-hybridized carbons (Fsp3) is 0.667. The first-order valence-corrected chi connectivity index (χ1v) is 13.5. The van der Waals surface area contributed by atoms with Gasteiger partial charge in [-0.25, -0.2) is 4.79 Å². The number of nitrogens with one attached hydrogen (secondary N) is 1. The summed E-state index contributed by atoms with van der Waals surface area (Å²) in [6.45, 7) is 14.5. The number of carbonyl (C=O) groups excluding carboxylic acids is 2. The van der Waals surface area contributed by atoms with Gasteiger partial charge in [0.05, 0.1) is 0 Å². The third-order valence-corrected chi connectivity index (χ3v) is 12.5. The largest absolute Gasteiger partial charge is 0.445 e. The highest BCUT2D eigenvalue weighted by Crippen LogP contribution is 2.42. The van der Waals surface area contributed by atoms with E-state index in [1.807, 2.05) is 30.3 Å². The summed E-state index contributed by atoms with van der Waals surface area (Å²) in [4.78, 5) is 24.4. The molecule has 0 heterocycles. The van der Waals surface area contributed by atoms with Crippen molar-refractivity contribution in [2.24, 2.45) is 5.92 Å². The Kier molecular flexibility index (Phi) is 9.10. The number of carbonyl (C=O) groups is 2. The smallest absolute Gasteiger partial charge is 0.407 e. The molecule has 1 aliphatic carbocycles. The van der Waals surface area contributed by atoms with Gasteiger partial charge in [-0.3, -0.25) is 4.79 Å². The highest BCUT2D eigenvalue weighted by atomic mass is 28.4. The number of alkyl carbamates (subject to hydrolysis) is 1. The minimum absolute atomic E-state index is 0.0726. The Labute approximate surface area is 183 Å². The monoisotopic (exact) mass is 433 g/mol. The molecule has 168 valence electrons. The minimum atomic E-state index is -1.87. The first kappa shape index (κ1) is 24.6. The van der Waals surface area contributed by atoms with E-state index in [9.17, 15) is 9.59 Å². The zero-order valence-electron chi connectivity index (χ0n) is 19.4. The van der Waals surface area contributed by atoms with E-state index >= 15 is 0 Å². The topological polar surface area (TPSA) is 64.6 Å². The van der Waals surface area contributed by atoms with Crippen LogP contribution < -0.4 is 5.32 Å². The van der Waals surface area contributed by atoms with Crippen molar-refractivity contribution in [1.82, 2.24) is 5.32 Å². The van der Waals surface area contributed by atoms with Crippen LogP contribution in [0.5, 0.6) is 0 Å². The maximum Gasteiger partial charge on any atom is 0.407 e. The molecule has 1 aliphatic rings. The predicted octanol–water partition coefficient (Wildman–Crippen LogP) is 5.84. The van der Waals surface area contributed by atoms with E-state index in [2.05, 4.69) is 46.9 Å². The van der Waals surface area contributed by atoms with Crippen LogP contribution >= 0.6 is 0 Å². The molecular formula is C24H39NO4Si. The average molecular weight is 434 g/mol. The van der Waals surface area contributed by atoms with Gasteiger partial charge in [0.25, 0.3) is 0 Å². The molecule has 0 spiro atoms. The highest BCUT2D eigenvalue weighted by Gasteiger charge is 2.45. The molecule has 2 rings (SSSR count). The molecule has 1 aromatic rings. The van der Waals surface area contributed by atoms with Gasteiger partial charge in [0, 0.05) is 25.0 Å². The van der Waals surface area contributed by atoms with Crippen LogP contribution in [0, 0.1) is 5.92 Å². The lowest BCUT2D eigenvalue weighted by Gasteiger charge is -2.42. The molecule has 1 N–H and O–H groups in total. The molecule has 0 aliphatic heterocycles. The van der Waals surface area contributed by atoms with Crippen LogP contribution in [0.2, 0.25) is 16.6 Å². The first-order chi connectivity index (χ1) is 14.2. The number of benzene rings is 1. The van der Waals surface area contributed by atoms with Crippen molar-refractivity contribution in [3.63, 3.8) is 0 Å². The number of hydrogen-bond donors (Lipinski definition) is 1. The molecule has 30 heavy (non-hydrogen) atoms. The molecule has 0 radical (unpaired) electrons. The van der Waals surface area contributed by atoms with Crippen LogP contribution in [0.25, 0.3) is 0 Å². The molecule has 0 aromatic heterocycles. The summed E-state index contributed by atoms with van der Waals surface area (Å²) in [6.07, 6.45) is 1.52. The van der Waals surface area contributed by atoms with Gasteiger partial charge in [0.2, 0.25) is 0 Å². The van der Waals surface area contributed by atoms with Crippen LogP contribution in [0.4, 0.5) is 4.79 Å². The Bertz CT molecular complexity index is 668. The van der Waals surface area contributed by atoms with E-state index < -0.39 is 14.4 Å². The molecule has 2 atom stereocenters. The number of ether oxygens (including phenoxy) is 1. The lowest BCUT2D eigenvalue weighted by atomic mass is 10.1. The number of hydrogen-bond acceptors (Lipinski definition) is 4. The van der Waals surface area contributed by atoms with Crippen molar-refractivity contribution in [2.75, 3.05) is 6.61 Å². The maximum absolute atomic E-state index is 12.5. The van der Waals surface area contributed by atoms with Crippen molar-refractivity contribution in [2.45, 2.75) is 90.1 Å². The molecule has 0 saturated heterocycles. The summed E-state index contributed by atoms with van der Waals surface area (Å²) in [5, 5.41) is 2.81. The van der Waals surface area contributed by atoms with E-state index in [4.69, 9.17) is 9.16 Å². The fourth-order valence-corrected chi connectivity index (χ4v) is 10.3. The van der Waals surface area contributed by atoms with Crippen LogP contribution in [0.3, 0.4) is 0 Å². The second-order valence-corrected chi connectivity index (χ2v) is 14.9. The molecule has 1 saturated carbocycles.